The Kier molecular flexibility index (Phi) is 3.99. The Hall–Kier alpha value is -0.980. The zero-order chi connectivity index (χ0) is 10.6. The molecule has 78 valence electrons. The van der Waals surface area contributed by atoms with Gasteiger partial charge in [0.05, 0.1) is 0 Å². The van der Waals surface area contributed by atoms with Gasteiger partial charge in [0.25, 0.3) is 0 Å². The molecular formula is C8H13N3O2S. The van der Waals surface area contributed by atoms with E-state index in [1.165, 1.54) is 11.3 Å². The van der Waals surface area contributed by atoms with E-state index in [4.69, 9.17) is 10.8 Å². The van der Waals surface area contributed by atoms with Crippen molar-refractivity contribution >= 4 is 17.2 Å². The molecule has 0 aliphatic rings. The topological polar surface area (TPSA) is 88.2 Å². The minimum Gasteiger partial charge on any atom is -0.382 e. The van der Waals surface area contributed by atoms with E-state index in [9.17, 15) is 4.79 Å². The van der Waals surface area contributed by atoms with Gasteiger partial charge in [0, 0.05) is 24.2 Å². The third-order valence-electron chi connectivity index (χ3n) is 1.61. The summed E-state index contributed by atoms with van der Waals surface area (Å²) < 4.78 is 0. The summed E-state index contributed by atoms with van der Waals surface area (Å²) in [7, 11) is 0. The predicted molar refractivity (Wildman–Crippen MR) is 53.8 cm³/mol. The van der Waals surface area contributed by atoms with Crippen molar-refractivity contribution in [3.63, 3.8) is 0 Å². The number of aryl methyl sites for hydroxylation is 1. The normalized spacial score (nSPS) is 12.7. The van der Waals surface area contributed by atoms with Crippen molar-refractivity contribution in [1.82, 2.24) is 10.3 Å². The number of thiazole rings is 1. The fraction of sp³-hybridized carbons (Fsp3) is 0.500. The number of aromatic nitrogens is 1. The van der Waals surface area contributed by atoms with Crippen molar-refractivity contribution in [2.75, 3.05) is 6.54 Å². The number of nitrogens with two attached hydrogens (primary N) is 1. The highest BCUT2D eigenvalue weighted by Gasteiger charge is 2.09. The van der Waals surface area contributed by atoms with Crippen LogP contribution in [0.5, 0.6) is 0 Å². The van der Waals surface area contributed by atoms with Crippen LogP contribution in [0.1, 0.15) is 10.7 Å². The highest BCUT2D eigenvalue weighted by Crippen LogP contribution is 2.07. The van der Waals surface area contributed by atoms with Crippen LogP contribution in [0.2, 0.25) is 0 Å². The molecule has 0 aromatic carbocycles. The highest BCUT2D eigenvalue weighted by molar-refractivity contribution is 7.09. The molecule has 0 aliphatic carbocycles. The van der Waals surface area contributed by atoms with Crippen molar-refractivity contribution < 1.29 is 9.90 Å². The fourth-order valence-corrected chi connectivity index (χ4v) is 1.64. The average Bonchev–Trinajstić information content (AvgIpc) is 2.51. The van der Waals surface area contributed by atoms with Crippen LogP contribution in [-0.2, 0) is 11.3 Å². The molecule has 6 heteroatoms. The molecule has 0 saturated heterocycles. The molecule has 5 nitrogen and oxygen atoms in total. The molecule has 0 bridgehead atoms. The number of nitrogens with zero attached hydrogens (tertiary/aromatic N) is 1. The van der Waals surface area contributed by atoms with Crippen molar-refractivity contribution in [2.24, 2.45) is 5.73 Å². The molecule has 4 N–H and O–H groups in total. The predicted octanol–water partition coefficient (Wildman–Crippen LogP) is -0.613. The maximum absolute atomic E-state index is 10.5. The van der Waals surface area contributed by atoms with E-state index in [0.717, 1.165) is 10.7 Å². The summed E-state index contributed by atoms with van der Waals surface area (Å²) in [5, 5.41) is 14.8. The number of carbonyl (C=O) groups excluding carboxylic acids is 1. The largest absolute Gasteiger partial charge is 0.382 e. The van der Waals surface area contributed by atoms with Gasteiger partial charge in [-0.3, -0.25) is 4.79 Å². The monoisotopic (exact) mass is 215 g/mol. The Balaban J connectivity index is 2.25. The van der Waals surface area contributed by atoms with E-state index in [1.54, 1.807) is 0 Å². The number of aliphatic hydroxyl groups is 1. The van der Waals surface area contributed by atoms with Gasteiger partial charge in [-0.15, -0.1) is 11.3 Å². The summed E-state index contributed by atoms with van der Waals surface area (Å²) in [6, 6.07) is 0. The van der Waals surface area contributed by atoms with Crippen molar-refractivity contribution in [1.29, 1.82) is 0 Å². The first kappa shape index (κ1) is 11.1. The summed E-state index contributed by atoms with van der Waals surface area (Å²) in [4.78, 5) is 14.7. The number of amides is 1. The third-order valence-corrected chi connectivity index (χ3v) is 2.58. The molecule has 1 aromatic rings. The zero-order valence-corrected chi connectivity index (χ0v) is 8.67. The van der Waals surface area contributed by atoms with Gasteiger partial charge in [0.1, 0.15) is 11.1 Å². The van der Waals surface area contributed by atoms with Gasteiger partial charge in [-0.25, -0.2) is 4.98 Å². The van der Waals surface area contributed by atoms with E-state index >= 15 is 0 Å². The second-order valence-electron chi connectivity index (χ2n) is 2.93. The van der Waals surface area contributed by atoms with E-state index in [1.807, 2.05) is 12.3 Å². The molecular weight excluding hydrogens is 202 g/mol. The Morgan fingerprint density at radius 2 is 2.57 bits per heavy atom. The summed E-state index contributed by atoms with van der Waals surface area (Å²) in [6.45, 7) is 2.62. The average molecular weight is 215 g/mol. The standard InChI is InChI=1S/C8H13N3O2S/c1-5-4-14-7(11-5)3-10-2-6(12)8(9)13/h4,6,10,12H,2-3H2,1H3,(H2,9,13). The lowest BCUT2D eigenvalue weighted by molar-refractivity contribution is -0.125. The van der Waals surface area contributed by atoms with Gasteiger partial charge in [-0.1, -0.05) is 0 Å². The lowest BCUT2D eigenvalue weighted by atomic mass is 10.3. The van der Waals surface area contributed by atoms with Crippen LogP contribution in [0.3, 0.4) is 0 Å². The Bertz CT molecular complexity index is 313. The maximum atomic E-state index is 10.5. The van der Waals surface area contributed by atoms with Crippen LogP contribution in [0, 0.1) is 6.92 Å². The highest BCUT2D eigenvalue weighted by atomic mass is 32.1. The molecule has 1 rings (SSSR count). The lowest BCUT2D eigenvalue weighted by Crippen LogP contribution is -2.37. The number of rotatable bonds is 5. The molecule has 1 amide bonds. The Morgan fingerprint density at radius 3 is 3.07 bits per heavy atom. The number of aliphatic hydroxyl groups excluding tert-OH is 1. The summed E-state index contributed by atoms with van der Waals surface area (Å²) >= 11 is 1.54. The molecule has 0 saturated carbocycles. The molecule has 0 aliphatic heterocycles. The summed E-state index contributed by atoms with van der Waals surface area (Å²) in [5.74, 6) is -0.715. The SMILES string of the molecule is Cc1csc(CNCC(O)C(N)=O)n1. The number of hydrogen-bond acceptors (Lipinski definition) is 5. The van der Waals surface area contributed by atoms with E-state index in [-0.39, 0.29) is 6.54 Å². The molecule has 1 aromatic heterocycles. The molecule has 14 heavy (non-hydrogen) atoms. The van der Waals surface area contributed by atoms with E-state index in [0.29, 0.717) is 6.54 Å². The Labute approximate surface area is 86.0 Å². The number of carbonyl (C=O) groups is 1. The second kappa shape index (κ2) is 5.04. The van der Waals surface area contributed by atoms with Crippen LogP contribution >= 0.6 is 11.3 Å². The minimum absolute atomic E-state index is 0.161. The first-order valence-corrected chi connectivity index (χ1v) is 5.06. The van der Waals surface area contributed by atoms with Gasteiger partial charge < -0.3 is 16.2 Å². The van der Waals surface area contributed by atoms with E-state index < -0.39 is 12.0 Å². The quantitative estimate of drug-likeness (QED) is 0.611. The van der Waals surface area contributed by atoms with Gasteiger partial charge in [0.2, 0.25) is 5.91 Å². The Morgan fingerprint density at radius 1 is 1.86 bits per heavy atom. The van der Waals surface area contributed by atoms with Crippen LogP contribution in [0.25, 0.3) is 0 Å². The maximum Gasteiger partial charge on any atom is 0.247 e. The molecule has 1 atom stereocenters. The summed E-state index contributed by atoms with van der Waals surface area (Å²) in [6.07, 6.45) is -1.13. The van der Waals surface area contributed by atoms with Crippen molar-refractivity contribution in [2.45, 2.75) is 19.6 Å². The van der Waals surface area contributed by atoms with Crippen LogP contribution in [0.4, 0.5) is 0 Å². The minimum atomic E-state index is -1.13. The zero-order valence-electron chi connectivity index (χ0n) is 7.86. The van der Waals surface area contributed by atoms with Crippen molar-refractivity contribution in [3.05, 3.63) is 16.1 Å². The van der Waals surface area contributed by atoms with Crippen LogP contribution in [-0.4, -0.2) is 28.6 Å². The van der Waals surface area contributed by atoms with Gasteiger partial charge >= 0.3 is 0 Å². The molecule has 0 fully saturated rings. The van der Waals surface area contributed by atoms with Gasteiger partial charge in [-0.05, 0) is 6.92 Å². The summed E-state index contributed by atoms with van der Waals surface area (Å²) in [5.41, 5.74) is 5.85. The number of nitrogens with one attached hydrogen (secondary N) is 1. The molecule has 1 heterocycles. The first-order chi connectivity index (χ1) is 6.59. The molecule has 0 radical (unpaired) electrons. The molecule has 0 spiro atoms. The first-order valence-electron chi connectivity index (χ1n) is 4.18. The van der Waals surface area contributed by atoms with Crippen molar-refractivity contribution in [3.8, 4) is 0 Å². The third kappa shape index (κ3) is 3.41. The lowest BCUT2D eigenvalue weighted by Gasteiger charge is -2.06. The smallest absolute Gasteiger partial charge is 0.247 e. The fourth-order valence-electron chi connectivity index (χ4n) is 0.900. The van der Waals surface area contributed by atoms with Gasteiger partial charge in [-0.2, -0.15) is 0 Å². The van der Waals surface area contributed by atoms with Crippen LogP contribution in [0.15, 0.2) is 5.38 Å². The second-order valence-corrected chi connectivity index (χ2v) is 3.87. The number of primary amides is 1. The molecule has 1 unspecified atom stereocenters. The van der Waals surface area contributed by atoms with E-state index in [2.05, 4.69) is 10.3 Å². The van der Waals surface area contributed by atoms with Crippen LogP contribution < -0.4 is 11.1 Å². The number of hydrogen-bond donors (Lipinski definition) is 3. The van der Waals surface area contributed by atoms with Gasteiger partial charge in [0.15, 0.2) is 0 Å².